The van der Waals surface area contributed by atoms with Gasteiger partial charge in [-0.3, -0.25) is 4.57 Å². The van der Waals surface area contributed by atoms with E-state index in [2.05, 4.69) is 159 Å². The van der Waals surface area contributed by atoms with E-state index < -0.39 is 0 Å². The highest BCUT2D eigenvalue weighted by atomic mass is 15.2. The van der Waals surface area contributed by atoms with Gasteiger partial charge in [0.25, 0.3) is 0 Å². The third-order valence-electron chi connectivity index (χ3n) is 9.20. The summed E-state index contributed by atoms with van der Waals surface area (Å²) in [7, 11) is 0. The number of aryl methyl sites for hydroxylation is 2. The van der Waals surface area contributed by atoms with Gasteiger partial charge in [0.15, 0.2) is 0 Å². The Morgan fingerprint density at radius 3 is 1.65 bits per heavy atom. The topological polar surface area (TPSA) is 30.7 Å². The summed E-state index contributed by atoms with van der Waals surface area (Å²) in [5.41, 5.74) is 14.9. The normalized spacial score (nSPS) is 11.4. The monoisotopic (exact) mass is 591 g/mol. The number of fused-ring (bicyclic) bond motifs is 3. The van der Waals surface area contributed by atoms with Crippen LogP contribution in [0.3, 0.4) is 0 Å². The fourth-order valence-electron chi connectivity index (χ4n) is 6.86. The molecule has 0 spiro atoms. The van der Waals surface area contributed by atoms with Crippen LogP contribution in [0.15, 0.2) is 146 Å². The molecular formula is C43H33N3. The molecular weight excluding hydrogens is 558 g/mol. The lowest BCUT2D eigenvalue weighted by molar-refractivity contribution is 0.992. The molecule has 0 amide bonds. The molecule has 0 aliphatic carbocycles. The van der Waals surface area contributed by atoms with Crippen molar-refractivity contribution in [1.29, 1.82) is 0 Å². The number of hydrogen-bond acceptors (Lipinski definition) is 2. The van der Waals surface area contributed by atoms with Crippen molar-refractivity contribution in [3.8, 4) is 50.7 Å². The van der Waals surface area contributed by atoms with E-state index in [-0.39, 0.29) is 0 Å². The highest BCUT2D eigenvalue weighted by Gasteiger charge is 2.21. The second kappa shape index (κ2) is 11.3. The van der Waals surface area contributed by atoms with Crippen LogP contribution in [0.5, 0.6) is 0 Å². The zero-order chi connectivity index (χ0) is 31.2. The molecule has 0 saturated carbocycles. The summed E-state index contributed by atoms with van der Waals surface area (Å²) in [6.07, 6.45) is 0. The average Bonchev–Trinajstić information content (AvgIpc) is 3.45. The van der Waals surface area contributed by atoms with E-state index >= 15 is 0 Å². The van der Waals surface area contributed by atoms with E-state index in [1.54, 1.807) is 0 Å². The zero-order valence-electron chi connectivity index (χ0n) is 26.2. The van der Waals surface area contributed by atoms with Crippen LogP contribution in [0.2, 0.25) is 0 Å². The van der Waals surface area contributed by atoms with E-state index in [0.29, 0.717) is 5.95 Å². The Bertz CT molecular complexity index is 2330. The Hall–Kier alpha value is -5.80. The van der Waals surface area contributed by atoms with E-state index in [1.165, 1.54) is 49.7 Å². The van der Waals surface area contributed by atoms with Crippen molar-refractivity contribution in [2.24, 2.45) is 0 Å². The molecule has 2 aromatic heterocycles. The highest BCUT2D eigenvalue weighted by molar-refractivity contribution is 6.11. The molecule has 0 bridgehead atoms. The van der Waals surface area contributed by atoms with Crippen LogP contribution >= 0.6 is 0 Å². The Labute approximate surface area is 269 Å². The van der Waals surface area contributed by atoms with Crippen molar-refractivity contribution < 1.29 is 0 Å². The summed E-state index contributed by atoms with van der Waals surface area (Å²) in [5, 5.41) is 2.38. The second-order valence-electron chi connectivity index (χ2n) is 12.0. The van der Waals surface area contributed by atoms with Crippen LogP contribution in [0.1, 0.15) is 16.7 Å². The minimum Gasteiger partial charge on any atom is -0.278 e. The molecule has 3 nitrogen and oxygen atoms in total. The SMILES string of the molecule is Cc1ccccc1-c1cccc(-c2ccc3c4ccccc4n(-c4nc(-c5ccccc5)cc(-c5ccccc5)n4)c3c2C)c1C. The second-order valence-corrected chi connectivity index (χ2v) is 12.0. The van der Waals surface area contributed by atoms with Crippen LogP contribution in [0.4, 0.5) is 0 Å². The standard InChI is InChI=1S/C43H33N3/c1-28-15-10-11-20-33(28)34-22-14-23-35(29(34)2)36-25-26-38-37-21-12-13-24-41(37)46(42(38)30(36)3)43-44-39(31-16-6-4-7-17-31)27-40(45-43)32-18-8-5-9-19-32/h4-27H,1-3H3. The molecule has 2 heterocycles. The first-order chi connectivity index (χ1) is 22.6. The highest BCUT2D eigenvalue weighted by Crippen LogP contribution is 2.40. The van der Waals surface area contributed by atoms with Gasteiger partial charge in [0.2, 0.25) is 5.95 Å². The quantitative estimate of drug-likeness (QED) is 0.199. The lowest BCUT2D eigenvalue weighted by Crippen LogP contribution is -2.05. The minimum atomic E-state index is 0.664. The van der Waals surface area contributed by atoms with Crippen molar-refractivity contribution in [2.75, 3.05) is 0 Å². The Balaban J connectivity index is 1.41. The van der Waals surface area contributed by atoms with Gasteiger partial charge >= 0.3 is 0 Å². The number of para-hydroxylation sites is 1. The molecule has 0 unspecified atom stereocenters. The van der Waals surface area contributed by atoms with Gasteiger partial charge in [-0.1, -0.05) is 133 Å². The third kappa shape index (κ3) is 4.60. The summed E-state index contributed by atoms with van der Waals surface area (Å²) >= 11 is 0. The summed E-state index contributed by atoms with van der Waals surface area (Å²) in [6.45, 7) is 6.67. The molecule has 3 heteroatoms. The van der Waals surface area contributed by atoms with E-state index in [9.17, 15) is 0 Å². The molecule has 0 atom stereocenters. The van der Waals surface area contributed by atoms with Crippen molar-refractivity contribution in [2.45, 2.75) is 20.8 Å². The summed E-state index contributed by atoms with van der Waals surface area (Å²) in [5.74, 6) is 0.664. The molecule has 6 aromatic carbocycles. The summed E-state index contributed by atoms with van der Waals surface area (Å²) in [4.78, 5) is 10.5. The van der Waals surface area contributed by atoms with Crippen LogP contribution in [-0.4, -0.2) is 14.5 Å². The maximum atomic E-state index is 5.25. The van der Waals surface area contributed by atoms with Crippen LogP contribution < -0.4 is 0 Å². The first-order valence-corrected chi connectivity index (χ1v) is 15.8. The number of nitrogens with zero attached hydrogens (tertiary/aromatic N) is 3. The van der Waals surface area contributed by atoms with E-state index in [4.69, 9.17) is 9.97 Å². The molecule has 0 radical (unpaired) electrons. The van der Waals surface area contributed by atoms with Gasteiger partial charge in [0.1, 0.15) is 0 Å². The summed E-state index contributed by atoms with van der Waals surface area (Å²) < 4.78 is 2.27. The van der Waals surface area contributed by atoms with Gasteiger partial charge < -0.3 is 0 Å². The fraction of sp³-hybridized carbons (Fsp3) is 0.0698. The Morgan fingerprint density at radius 1 is 0.435 bits per heavy atom. The van der Waals surface area contributed by atoms with Gasteiger partial charge in [-0.15, -0.1) is 0 Å². The molecule has 46 heavy (non-hydrogen) atoms. The predicted molar refractivity (Wildman–Crippen MR) is 192 cm³/mol. The average molecular weight is 592 g/mol. The molecule has 220 valence electrons. The number of benzene rings is 6. The maximum Gasteiger partial charge on any atom is 0.235 e. The molecule has 0 saturated heterocycles. The smallest absolute Gasteiger partial charge is 0.235 e. The van der Waals surface area contributed by atoms with Gasteiger partial charge in [-0.2, -0.15) is 0 Å². The molecule has 0 aliphatic rings. The minimum absolute atomic E-state index is 0.664. The maximum absolute atomic E-state index is 5.25. The largest absolute Gasteiger partial charge is 0.278 e. The van der Waals surface area contributed by atoms with E-state index in [0.717, 1.165) is 33.5 Å². The number of rotatable bonds is 5. The Morgan fingerprint density at radius 2 is 0.978 bits per heavy atom. The van der Waals surface area contributed by atoms with E-state index in [1.807, 2.05) is 12.1 Å². The van der Waals surface area contributed by atoms with Crippen LogP contribution in [0.25, 0.3) is 72.5 Å². The predicted octanol–water partition coefficient (Wildman–Crippen LogP) is 11.2. The number of aromatic nitrogens is 3. The molecule has 0 aliphatic heterocycles. The van der Waals surface area contributed by atoms with Gasteiger partial charge in [-0.05, 0) is 71.8 Å². The summed E-state index contributed by atoms with van der Waals surface area (Å²) in [6, 6.07) is 51.3. The van der Waals surface area contributed by atoms with Crippen molar-refractivity contribution in [3.05, 3.63) is 162 Å². The molecule has 0 fully saturated rings. The third-order valence-corrected chi connectivity index (χ3v) is 9.20. The first kappa shape index (κ1) is 27.7. The molecule has 0 N–H and O–H groups in total. The van der Waals surface area contributed by atoms with Crippen LogP contribution in [-0.2, 0) is 0 Å². The first-order valence-electron chi connectivity index (χ1n) is 15.8. The van der Waals surface area contributed by atoms with Crippen molar-refractivity contribution in [3.63, 3.8) is 0 Å². The lowest BCUT2D eigenvalue weighted by atomic mass is 9.89. The van der Waals surface area contributed by atoms with Gasteiger partial charge in [0, 0.05) is 21.9 Å². The van der Waals surface area contributed by atoms with Crippen molar-refractivity contribution >= 4 is 21.8 Å². The fourth-order valence-corrected chi connectivity index (χ4v) is 6.86. The molecule has 8 aromatic rings. The van der Waals surface area contributed by atoms with Crippen molar-refractivity contribution in [1.82, 2.24) is 14.5 Å². The van der Waals surface area contributed by atoms with Gasteiger partial charge in [-0.25, -0.2) is 9.97 Å². The zero-order valence-corrected chi connectivity index (χ0v) is 26.2. The lowest BCUT2D eigenvalue weighted by Gasteiger charge is -2.17. The molecule has 8 rings (SSSR count). The number of hydrogen-bond donors (Lipinski definition) is 0. The van der Waals surface area contributed by atoms with Gasteiger partial charge in [0.05, 0.1) is 22.4 Å². The van der Waals surface area contributed by atoms with Crippen LogP contribution in [0, 0.1) is 20.8 Å². The Kier molecular flexibility index (Phi) is 6.80.